The van der Waals surface area contributed by atoms with Gasteiger partial charge in [-0.05, 0) is 26.3 Å². The van der Waals surface area contributed by atoms with E-state index in [9.17, 15) is 0 Å². The highest BCUT2D eigenvalue weighted by molar-refractivity contribution is 8.00. The van der Waals surface area contributed by atoms with Gasteiger partial charge in [0.05, 0.1) is 0 Å². The van der Waals surface area contributed by atoms with Crippen LogP contribution in [0.25, 0.3) is 0 Å². The molecule has 0 radical (unpaired) electrons. The van der Waals surface area contributed by atoms with E-state index >= 15 is 0 Å². The van der Waals surface area contributed by atoms with E-state index in [4.69, 9.17) is 0 Å². The van der Waals surface area contributed by atoms with Crippen LogP contribution < -0.4 is 4.90 Å². The number of aromatic nitrogens is 2. The smallest absolute Gasteiger partial charge is 0.226 e. The Morgan fingerprint density at radius 2 is 2.07 bits per heavy atom. The second-order valence-corrected chi connectivity index (χ2v) is 5.78. The van der Waals surface area contributed by atoms with Crippen LogP contribution in [-0.2, 0) is 0 Å². The number of hydrogen-bond acceptors (Lipinski definition) is 4. The Balaban J connectivity index is 1.93. The summed E-state index contributed by atoms with van der Waals surface area (Å²) >= 11 is 2.10. The first-order valence-electron chi connectivity index (χ1n) is 5.43. The highest BCUT2D eigenvalue weighted by Gasteiger charge is 2.39. The fourth-order valence-corrected chi connectivity index (χ4v) is 3.91. The van der Waals surface area contributed by atoms with Crippen LogP contribution in [-0.4, -0.2) is 33.6 Å². The lowest BCUT2D eigenvalue weighted by atomic mass is 10.2. The Morgan fingerprint density at radius 3 is 2.60 bits per heavy atom. The largest absolute Gasteiger partial charge is 0.336 e. The van der Waals surface area contributed by atoms with Gasteiger partial charge in [0.1, 0.15) is 0 Å². The average Bonchev–Trinajstić information content (AvgIpc) is 2.76. The number of thioether (sulfide) groups is 1. The summed E-state index contributed by atoms with van der Waals surface area (Å²) in [7, 11) is 0. The van der Waals surface area contributed by atoms with Gasteiger partial charge in [-0.15, -0.1) is 0 Å². The molecule has 15 heavy (non-hydrogen) atoms. The van der Waals surface area contributed by atoms with E-state index in [0.717, 1.165) is 29.1 Å². The summed E-state index contributed by atoms with van der Waals surface area (Å²) in [6.45, 7) is 5.22. The first-order valence-corrected chi connectivity index (χ1v) is 6.48. The van der Waals surface area contributed by atoms with Gasteiger partial charge in [-0.3, -0.25) is 0 Å². The van der Waals surface area contributed by atoms with Gasteiger partial charge in [-0.25, -0.2) is 9.97 Å². The third kappa shape index (κ3) is 1.61. The zero-order valence-corrected chi connectivity index (χ0v) is 9.92. The van der Waals surface area contributed by atoms with Gasteiger partial charge in [0.25, 0.3) is 0 Å². The predicted octanol–water partition coefficient (Wildman–Crippen LogP) is 1.79. The molecule has 2 aliphatic heterocycles. The van der Waals surface area contributed by atoms with Gasteiger partial charge in [0.2, 0.25) is 5.95 Å². The van der Waals surface area contributed by atoms with Crippen LogP contribution in [0.2, 0.25) is 0 Å². The summed E-state index contributed by atoms with van der Waals surface area (Å²) in [6.07, 6.45) is 1.32. The van der Waals surface area contributed by atoms with Crippen LogP contribution in [0.4, 0.5) is 5.95 Å². The summed E-state index contributed by atoms with van der Waals surface area (Å²) in [4.78, 5) is 11.5. The minimum Gasteiger partial charge on any atom is -0.336 e. The summed E-state index contributed by atoms with van der Waals surface area (Å²) in [5.41, 5.74) is 2.15. The summed E-state index contributed by atoms with van der Waals surface area (Å²) in [6, 6.07) is 2.72. The lowest BCUT2D eigenvalue weighted by molar-refractivity contribution is 0.734. The molecular weight excluding hydrogens is 206 g/mol. The van der Waals surface area contributed by atoms with E-state index < -0.39 is 0 Å². The van der Waals surface area contributed by atoms with Crippen molar-refractivity contribution in [1.82, 2.24) is 9.97 Å². The maximum absolute atomic E-state index is 4.54. The van der Waals surface area contributed by atoms with Crippen molar-refractivity contribution in [3.8, 4) is 0 Å². The third-order valence-electron chi connectivity index (χ3n) is 3.13. The lowest BCUT2D eigenvalue weighted by Gasteiger charge is -2.26. The van der Waals surface area contributed by atoms with E-state index in [0.29, 0.717) is 6.04 Å². The number of rotatable bonds is 1. The molecule has 2 bridgehead atoms. The molecule has 1 aromatic rings. The maximum atomic E-state index is 4.54. The van der Waals surface area contributed by atoms with Crippen molar-refractivity contribution in [3.05, 3.63) is 17.5 Å². The Kier molecular flexibility index (Phi) is 2.12. The molecule has 1 aromatic heterocycles. The molecule has 3 heterocycles. The van der Waals surface area contributed by atoms with E-state index in [1.807, 2.05) is 19.9 Å². The second-order valence-electron chi connectivity index (χ2n) is 4.45. The molecule has 0 amide bonds. The van der Waals surface area contributed by atoms with Crippen molar-refractivity contribution in [2.24, 2.45) is 0 Å². The highest BCUT2D eigenvalue weighted by atomic mass is 32.2. The zero-order valence-electron chi connectivity index (χ0n) is 9.10. The second kappa shape index (κ2) is 3.37. The minimum absolute atomic E-state index is 0.682. The molecule has 3 rings (SSSR count). The molecule has 3 nitrogen and oxygen atoms in total. The van der Waals surface area contributed by atoms with Crippen molar-refractivity contribution in [1.29, 1.82) is 0 Å². The van der Waals surface area contributed by atoms with Crippen LogP contribution in [0.15, 0.2) is 6.07 Å². The number of hydrogen-bond donors (Lipinski definition) is 0. The monoisotopic (exact) mass is 221 g/mol. The van der Waals surface area contributed by atoms with E-state index in [2.05, 4.69) is 26.6 Å². The number of aryl methyl sites for hydroxylation is 2. The number of fused-ring (bicyclic) bond motifs is 2. The fraction of sp³-hybridized carbons (Fsp3) is 0.636. The van der Waals surface area contributed by atoms with Crippen molar-refractivity contribution < 1.29 is 0 Å². The van der Waals surface area contributed by atoms with Gasteiger partial charge >= 0.3 is 0 Å². The molecule has 0 aliphatic carbocycles. The standard InChI is InChI=1S/C11H15N3S/c1-7-3-8(2)13-11(12-7)14-5-10-4-9(14)6-15-10/h3,9-10H,4-6H2,1-2H3/t9-,10+/m0/s1. The van der Waals surface area contributed by atoms with Crippen LogP contribution in [0.1, 0.15) is 17.8 Å². The van der Waals surface area contributed by atoms with Gasteiger partial charge in [-0.1, -0.05) is 0 Å². The van der Waals surface area contributed by atoms with Crippen LogP contribution in [0, 0.1) is 13.8 Å². The van der Waals surface area contributed by atoms with Gasteiger partial charge in [0.15, 0.2) is 0 Å². The molecular formula is C11H15N3S. The van der Waals surface area contributed by atoms with E-state index in [1.165, 1.54) is 12.2 Å². The molecule has 4 heteroatoms. The summed E-state index contributed by atoms with van der Waals surface area (Å²) in [5.74, 6) is 2.20. The topological polar surface area (TPSA) is 29.0 Å². The highest BCUT2D eigenvalue weighted by Crippen LogP contribution is 2.38. The van der Waals surface area contributed by atoms with Crippen molar-refractivity contribution >= 4 is 17.7 Å². The Labute approximate surface area is 94.3 Å². The summed E-state index contributed by atoms with van der Waals surface area (Å²) < 4.78 is 0. The molecule has 2 fully saturated rings. The molecule has 0 saturated carbocycles. The average molecular weight is 221 g/mol. The van der Waals surface area contributed by atoms with Crippen LogP contribution in [0.3, 0.4) is 0 Å². The molecule has 0 unspecified atom stereocenters. The number of nitrogens with zero attached hydrogens (tertiary/aromatic N) is 3. The van der Waals surface area contributed by atoms with Crippen molar-refractivity contribution in [2.75, 3.05) is 17.2 Å². The minimum atomic E-state index is 0.682. The maximum Gasteiger partial charge on any atom is 0.226 e. The van der Waals surface area contributed by atoms with E-state index in [1.54, 1.807) is 0 Å². The molecule has 80 valence electrons. The van der Waals surface area contributed by atoms with E-state index in [-0.39, 0.29) is 0 Å². The number of anilines is 1. The molecule has 0 spiro atoms. The Morgan fingerprint density at radius 1 is 1.33 bits per heavy atom. The van der Waals surface area contributed by atoms with Gasteiger partial charge in [0, 0.05) is 35.0 Å². The Hall–Kier alpha value is -0.770. The molecule has 0 N–H and O–H groups in total. The first-order chi connectivity index (χ1) is 7.22. The Bertz CT molecular complexity index is 373. The summed E-state index contributed by atoms with van der Waals surface area (Å²) in [5, 5.41) is 0.819. The normalized spacial score (nSPS) is 28.8. The van der Waals surface area contributed by atoms with Crippen molar-refractivity contribution in [2.45, 2.75) is 31.6 Å². The molecule has 2 saturated heterocycles. The molecule has 2 aliphatic rings. The van der Waals surface area contributed by atoms with Gasteiger partial charge in [-0.2, -0.15) is 11.8 Å². The predicted molar refractivity (Wildman–Crippen MR) is 63.5 cm³/mol. The van der Waals surface area contributed by atoms with Gasteiger partial charge < -0.3 is 4.90 Å². The van der Waals surface area contributed by atoms with Crippen LogP contribution in [0.5, 0.6) is 0 Å². The first kappa shape index (κ1) is 9.46. The fourth-order valence-electron chi connectivity index (χ4n) is 2.48. The van der Waals surface area contributed by atoms with Crippen LogP contribution >= 0.6 is 11.8 Å². The third-order valence-corrected chi connectivity index (χ3v) is 4.52. The SMILES string of the molecule is Cc1cc(C)nc(N2C[C@H]3C[C@H]2CS3)n1. The zero-order chi connectivity index (χ0) is 10.4. The lowest BCUT2D eigenvalue weighted by Crippen LogP contribution is -2.35. The quantitative estimate of drug-likeness (QED) is 0.723. The van der Waals surface area contributed by atoms with Crippen molar-refractivity contribution in [3.63, 3.8) is 0 Å². The molecule has 0 aromatic carbocycles. The molecule has 2 atom stereocenters.